The SMILES string of the molecule is O=c1c(-c2ccc(Br)cc2)c(C(F)(F)F)oc2c(CN3CCN(c4ccccn4)CC3)c(O)ccc12. The molecule has 1 aliphatic heterocycles. The number of halogens is 4. The Kier molecular flexibility index (Phi) is 6.48. The molecule has 2 aromatic heterocycles. The normalized spacial score (nSPS) is 14.9. The summed E-state index contributed by atoms with van der Waals surface area (Å²) in [6, 6.07) is 14.3. The lowest BCUT2D eigenvalue weighted by molar-refractivity contribution is -0.152. The van der Waals surface area contributed by atoms with Gasteiger partial charge in [-0.15, -0.1) is 0 Å². The highest BCUT2D eigenvalue weighted by Crippen LogP contribution is 2.39. The summed E-state index contributed by atoms with van der Waals surface area (Å²) >= 11 is 3.25. The second kappa shape index (κ2) is 9.59. The first kappa shape index (κ1) is 24.3. The standard InChI is InChI=1S/C26H21BrF3N3O3/c27-17-6-4-16(5-7-17)22-23(35)18-8-9-20(34)19(24(18)36-25(22)26(28,29)30)15-32-11-13-33(14-12-32)21-3-1-2-10-31-21/h1-10,34H,11-15H2. The molecule has 3 heterocycles. The number of benzene rings is 2. The average molecular weight is 560 g/mol. The third kappa shape index (κ3) is 4.70. The molecule has 36 heavy (non-hydrogen) atoms. The summed E-state index contributed by atoms with van der Waals surface area (Å²) in [4.78, 5) is 21.8. The molecule has 4 aromatic rings. The van der Waals surface area contributed by atoms with E-state index in [1.807, 2.05) is 23.1 Å². The maximum absolute atomic E-state index is 14.1. The topological polar surface area (TPSA) is 69.8 Å². The van der Waals surface area contributed by atoms with Crippen molar-refractivity contribution in [2.45, 2.75) is 12.7 Å². The number of nitrogens with zero attached hydrogens (tertiary/aromatic N) is 3. The van der Waals surface area contributed by atoms with Crippen LogP contribution in [0.15, 0.2) is 74.5 Å². The molecule has 1 N–H and O–H groups in total. The molecule has 0 unspecified atom stereocenters. The number of fused-ring (bicyclic) bond motifs is 1. The molecule has 0 atom stereocenters. The summed E-state index contributed by atoms with van der Waals surface area (Å²) in [6.45, 7) is 2.65. The Morgan fingerprint density at radius 3 is 2.36 bits per heavy atom. The van der Waals surface area contributed by atoms with Crippen molar-refractivity contribution < 1.29 is 22.7 Å². The first-order chi connectivity index (χ1) is 17.2. The van der Waals surface area contributed by atoms with Crippen LogP contribution in [0.2, 0.25) is 0 Å². The Labute approximate surface area is 212 Å². The van der Waals surface area contributed by atoms with Crippen LogP contribution in [0.3, 0.4) is 0 Å². The van der Waals surface area contributed by atoms with Gasteiger partial charge in [-0.2, -0.15) is 13.2 Å². The largest absolute Gasteiger partial charge is 0.507 e. The maximum atomic E-state index is 14.1. The van der Waals surface area contributed by atoms with Gasteiger partial charge in [0.25, 0.3) is 0 Å². The number of anilines is 1. The van der Waals surface area contributed by atoms with Gasteiger partial charge in [-0.1, -0.05) is 34.1 Å². The predicted molar refractivity (Wildman–Crippen MR) is 134 cm³/mol. The van der Waals surface area contributed by atoms with E-state index in [-0.39, 0.29) is 34.4 Å². The van der Waals surface area contributed by atoms with E-state index in [2.05, 4.69) is 25.8 Å². The third-order valence-electron chi connectivity index (χ3n) is 6.26. The molecular formula is C26H21BrF3N3O3. The quantitative estimate of drug-likeness (QED) is 0.347. The van der Waals surface area contributed by atoms with Gasteiger partial charge in [0.1, 0.15) is 17.2 Å². The van der Waals surface area contributed by atoms with Crippen LogP contribution in [0.4, 0.5) is 19.0 Å². The van der Waals surface area contributed by atoms with Gasteiger partial charge in [0.15, 0.2) is 0 Å². The van der Waals surface area contributed by atoms with Gasteiger partial charge in [-0.05, 0) is 42.0 Å². The predicted octanol–water partition coefficient (Wildman–Crippen LogP) is 5.66. The van der Waals surface area contributed by atoms with E-state index < -0.39 is 22.9 Å². The van der Waals surface area contributed by atoms with Gasteiger partial charge >= 0.3 is 6.18 Å². The molecule has 5 rings (SSSR count). The summed E-state index contributed by atoms with van der Waals surface area (Å²) in [6.07, 6.45) is -3.19. The van der Waals surface area contributed by atoms with Crippen molar-refractivity contribution in [3.8, 4) is 16.9 Å². The summed E-state index contributed by atoms with van der Waals surface area (Å²) < 4.78 is 48.4. The molecule has 0 spiro atoms. The van der Waals surface area contributed by atoms with Crippen LogP contribution in [0.25, 0.3) is 22.1 Å². The van der Waals surface area contributed by atoms with Crippen LogP contribution in [0.1, 0.15) is 11.3 Å². The Hall–Kier alpha value is -3.37. The molecule has 10 heteroatoms. The monoisotopic (exact) mass is 559 g/mol. The third-order valence-corrected chi connectivity index (χ3v) is 6.78. The van der Waals surface area contributed by atoms with Gasteiger partial charge in [0, 0.05) is 43.4 Å². The number of rotatable bonds is 4. The molecule has 2 aromatic carbocycles. The Morgan fingerprint density at radius 2 is 1.72 bits per heavy atom. The number of aromatic nitrogens is 1. The number of aromatic hydroxyl groups is 1. The van der Waals surface area contributed by atoms with Crippen molar-refractivity contribution in [3.63, 3.8) is 0 Å². The van der Waals surface area contributed by atoms with Crippen molar-refractivity contribution in [2.75, 3.05) is 31.1 Å². The van der Waals surface area contributed by atoms with Crippen molar-refractivity contribution >= 4 is 32.7 Å². The number of hydrogen-bond donors (Lipinski definition) is 1. The lowest BCUT2D eigenvalue weighted by atomic mass is 10.00. The van der Waals surface area contributed by atoms with Crippen LogP contribution in [0, 0.1) is 0 Å². The van der Waals surface area contributed by atoms with Gasteiger partial charge < -0.3 is 14.4 Å². The number of phenolic OH excluding ortho intramolecular Hbond substituents is 1. The summed E-state index contributed by atoms with van der Waals surface area (Å²) in [5.41, 5.74) is -1.35. The molecule has 186 valence electrons. The Bertz CT molecular complexity index is 1450. The molecule has 0 amide bonds. The molecule has 0 bridgehead atoms. The Morgan fingerprint density at radius 1 is 1.00 bits per heavy atom. The lowest BCUT2D eigenvalue weighted by Crippen LogP contribution is -2.46. The minimum absolute atomic E-state index is 0.0131. The average Bonchev–Trinajstić information content (AvgIpc) is 2.87. The van der Waals surface area contributed by atoms with Crippen LogP contribution in [-0.2, 0) is 12.7 Å². The van der Waals surface area contributed by atoms with Crippen LogP contribution < -0.4 is 10.3 Å². The minimum atomic E-state index is -4.91. The lowest BCUT2D eigenvalue weighted by Gasteiger charge is -2.35. The maximum Gasteiger partial charge on any atom is 0.450 e. The van der Waals surface area contributed by atoms with E-state index >= 15 is 0 Å². The fourth-order valence-corrected chi connectivity index (χ4v) is 4.70. The first-order valence-corrected chi connectivity index (χ1v) is 12.0. The molecule has 1 saturated heterocycles. The highest BCUT2D eigenvalue weighted by Gasteiger charge is 2.40. The molecule has 0 saturated carbocycles. The number of alkyl halides is 3. The highest BCUT2D eigenvalue weighted by atomic mass is 79.9. The van der Waals surface area contributed by atoms with Crippen LogP contribution >= 0.6 is 15.9 Å². The fourth-order valence-electron chi connectivity index (χ4n) is 4.43. The van der Waals surface area contributed by atoms with Crippen molar-refractivity contribution in [1.82, 2.24) is 9.88 Å². The second-order valence-electron chi connectivity index (χ2n) is 8.53. The van der Waals surface area contributed by atoms with Crippen LogP contribution in [0.5, 0.6) is 5.75 Å². The molecule has 1 aliphatic rings. The van der Waals surface area contributed by atoms with E-state index in [0.717, 1.165) is 5.82 Å². The van der Waals surface area contributed by atoms with Crippen molar-refractivity contribution in [3.05, 3.63) is 86.8 Å². The van der Waals surface area contributed by atoms with Crippen molar-refractivity contribution in [2.24, 2.45) is 0 Å². The van der Waals surface area contributed by atoms with E-state index in [4.69, 9.17) is 4.42 Å². The molecule has 0 radical (unpaired) electrons. The zero-order valence-corrected chi connectivity index (χ0v) is 20.5. The van der Waals surface area contributed by atoms with Gasteiger partial charge in [-0.3, -0.25) is 9.69 Å². The van der Waals surface area contributed by atoms with Gasteiger partial charge in [0.2, 0.25) is 11.2 Å². The Balaban J connectivity index is 1.53. The zero-order chi connectivity index (χ0) is 25.4. The number of hydrogen-bond acceptors (Lipinski definition) is 6. The molecule has 0 aliphatic carbocycles. The molecule has 1 fully saturated rings. The van der Waals surface area contributed by atoms with E-state index in [9.17, 15) is 23.1 Å². The second-order valence-corrected chi connectivity index (χ2v) is 9.45. The summed E-state index contributed by atoms with van der Waals surface area (Å²) in [5.74, 6) is -0.747. The van der Waals surface area contributed by atoms with E-state index in [1.54, 1.807) is 18.3 Å². The molecular weight excluding hydrogens is 539 g/mol. The molecule has 6 nitrogen and oxygen atoms in total. The van der Waals surface area contributed by atoms with E-state index in [0.29, 0.717) is 30.7 Å². The summed E-state index contributed by atoms with van der Waals surface area (Å²) in [7, 11) is 0. The first-order valence-electron chi connectivity index (χ1n) is 11.3. The smallest absolute Gasteiger partial charge is 0.450 e. The number of pyridine rings is 1. The van der Waals surface area contributed by atoms with Gasteiger partial charge in [0.05, 0.1) is 16.5 Å². The van der Waals surface area contributed by atoms with Crippen molar-refractivity contribution in [1.29, 1.82) is 0 Å². The van der Waals surface area contributed by atoms with Gasteiger partial charge in [-0.25, -0.2) is 4.98 Å². The van der Waals surface area contributed by atoms with E-state index in [1.165, 1.54) is 24.3 Å². The highest BCUT2D eigenvalue weighted by molar-refractivity contribution is 9.10. The zero-order valence-electron chi connectivity index (χ0n) is 18.9. The number of piperazine rings is 1. The summed E-state index contributed by atoms with van der Waals surface area (Å²) in [5, 5.41) is 10.6. The van der Waals surface area contributed by atoms with Crippen LogP contribution in [-0.4, -0.2) is 41.2 Å². The number of phenols is 1. The minimum Gasteiger partial charge on any atom is -0.507 e. The fraction of sp³-hybridized carbons (Fsp3) is 0.231.